The number of nitrogens with one attached hydrogen (secondary N) is 1. The third kappa shape index (κ3) is 4.23. The Labute approximate surface area is 168 Å². The molecule has 0 aliphatic carbocycles. The average molecular weight is 395 g/mol. The highest BCUT2D eigenvalue weighted by Gasteiger charge is 2.29. The van der Waals surface area contributed by atoms with Crippen molar-refractivity contribution >= 4 is 23.3 Å². The van der Waals surface area contributed by atoms with Crippen LogP contribution in [-0.4, -0.2) is 27.4 Å². The maximum Gasteiger partial charge on any atom is 0.322 e. The van der Waals surface area contributed by atoms with Gasteiger partial charge in [0.25, 0.3) is 0 Å². The minimum Gasteiger partial charge on any atom is -0.439 e. The highest BCUT2D eigenvalue weighted by Crippen LogP contribution is 2.32. The van der Waals surface area contributed by atoms with Crippen molar-refractivity contribution in [2.75, 3.05) is 11.9 Å². The molecule has 1 aliphatic heterocycles. The number of rotatable bonds is 4. The molecule has 2 amide bonds. The summed E-state index contributed by atoms with van der Waals surface area (Å²) in [5, 5.41) is 3.56. The van der Waals surface area contributed by atoms with Crippen LogP contribution in [0.4, 0.5) is 10.5 Å². The monoisotopic (exact) mass is 394 g/mol. The fraction of sp³-hybridized carbons (Fsp3) is 0.190. The summed E-state index contributed by atoms with van der Waals surface area (Å²) in [6, 6.07) is 14.4. The summed E-state index contributed by atoms with van der Waals surface area (Å²) in [7, 11) is 0. The Bertz CT molecular complexity index is 933. The van der Waals surface area contributed by atoms with Crippen LogP contribution in [0.2, 0.25) is 5.02 Å². The quantitative estimate of drug-likeness (QED) is 0.652. The lowest BCUT2D eigenvalue weighted by Crippen LogP contribution is -2.34. The Balaban J connectivity index is 1.39. The van der Waals surface area contributed by atoms with Crippen LogP contribution in [-0.2, 0) is 0 Å². The standard InChI is InChI=1S/C21H19ClN4O2/c22-16-3-6-18(7-4-16)28-20-8-5-17(14-24-20)25-21(27)26-13-1-2-19(26)15-9-11-23-12-10-15/h3-12,14,19H,1-2,13H2,(H,25,27). The third-order valence-corrected chi connectivity index (χ3v) is 4.88. The van der Waals surface area contributed by atoms with Crippen molar-refractivity contribution in [2.24, 2.45) is 0 Å². The number of ether oxygens (including phenoxy) is 1. The number of urea groups is 1. The molecule has 3 aromatic rings. The SMILES string of the molecule is O=C(Nc1ccc(Oc2ccc(Cl)cc2)nc1)N1CCCC1c1ccncc1. The summed E-state index contributed by atoms with van der Waals surface area (Å²) < 4.78 is 5.67. The molecule has 1 unspecified atom stereocenters. The first-order chi connectivity index (χ1) is 13.7. The molecule has 0 bridgehead atoms. The van der Waals surface area contributed by atoms with Crippen LogP contribution in [0.25, 0.3) is 0 Å². The van der Waals surface area contributed by atoms with Gasteiger partial charge in [0, 0.05) is 30.0 Å². The van der Waals surface area contributed by atoms with Crippen LogP contribution >= 0.6 is 11.6 Å². The smallest absolute Gasteiger partial charge is 0.322 e. The highest BCUT2D eigenvalue weighted by molar-refractivity contribution is 6.30. The zero-order valence-corrected chi connectivity index (χ0v) is 15.8. The van der Waals surface area contributed by atoms with E-state index in [0.29, 0.717) is 22.3 Å². The summed E-state index contributed by atoms with van der Waals surface area (Å²) in [5.41, 5.74) is 1.72. The molecule has 1 N–H and O–H groups in total. The molecule has 0 spiro atoms. The third-order valence-electron chi connectivity index (χ3n) is 4.63. The summed E-state index contributed by atoms with van der Waals surface area (Å²) in [6.45, 7) is 0.726. The van der Waals surface area contributed by atoms with Crippen LogP contribution in [0.1, 0.15) is 24.4 Å². The largest absolute Gasteiger partial charge is 0.439 e. The van der Waals surface area contributed by atoms with Crippen LogP contribution in [0.5, 0.6) is 11.6 Å². The van der Waals surface area contributed by atoms with Gasteiger partial charge in [0.05, 0.1) is 17.9 Å². The lowest BCUT2D eigenvalue weighted by Gasteiger charge is -2.25. The number of benzene rings is 1. The fourth-order valence-corrected chi connectivity index (χ4v) is 3.40. The van der Waals surface area contributed by atoms with Crippen LogP contribution in [0.3, 0.4) is 0 Å². The zero-order chi connectivity index (χ0) is 19.3. The predicted octanol–water partition coefficient (Wildman–Crippen LogP) is 5.29. The fourth-order valence-electron chi connectivity index (χ4n) is 3.28. The molecule has 1 saturated heterocycles. The maximum absolute atomic E-state index is 12.7. The predicted molar refractivity (Wildman–Crippen MR) is 108 cm³/mol. The average Bonchev–Trinajstić information content (AvgIpc) is 3.22. The van der Waals surface area contributed by atoms with Crippen molar-refractivity contribution in [1.29, 1.82) is 0 Å². The summed E-state index contributed by atoms with van der Waals surface area (Å²) in [5.74, 6) is 1.09. The van der Waals surface area contributed by atoms with Crippen molar-refractivity contribution in [3.05, 3.63) is 77.7 Å². The molecule has 0 saturated carbocycles. The number of anilines is 1. The first-order valence-corrected chi connectivity index (χ1v) is 9.44. The van der Waals surface area contributed by atoms with Gasteiger partial charge < -0.3 is 15.0 Å². The van der Waals surface area contributed by atoms with E-state index in [1.165, 1.54) is 0 Å². The Hall–Kier alpha value is -3.12. The number of hydrogen-bond donors (Lipinski definition) is 1. The van der Waals surface area contributed by atoms with Crippen molar-refractivity contribution in [1.82, 2.24) is 14.9 Å². The Kier molecular flexibility index (Phi) is 5.39. The summed E-state index contributed by atoms with van der Waals surface area (Å²) in [6.07, 6.45) is 7.02. The van der Waals surface area contributed by atoms with Gasteiger partial charge in [-0.25, -0.2) is 9.78 Å². The van der Waals surface area contributed by atoms with E-state index in [0.717, 1.165) is 24.9 Å². The van der Waals surface area contributed by atoms with Gasteiger partial charge in [-0.15, -0.1) is 0 Å². The number of aromatic nitrogens is 2. The molecule has 1 aliphatic rings. The molecule has 1 aromatic carbocycles. The summed E-state index contributed by atoms with van der Waals surface area (Å²) >= 11 is 5.87. The number of halogens is 1. The van der Waals surface area contributed by atoms with Crippen molar-refractivity contribution in [2.45, 2.75) is 18.9 Å². The Morgan fingerprint density at radius 2 is 1.89 bits per heavy atom. The van der Waals surface area contributed by atoms with Crippen LogP contribution < -0.4 is 10.1 Å². The van der Waals surface area contributed by atoms with Crippen molar-refractivity contribution in [3.8, 4) is 11.6 Å². The number of nitrogens with zero attached hydrogens (tertiary/aromatic N) is 3. The molecule has 1 fully saturated rings. The normalized spacial score (nSPS) is 16.0. The Morgan fingerprint density at radius 1 is 1.11 bits per heavy atom. The van der Waals surface area contributed by atoms with Gasteiger partial charge in [-0.2, -0.15) is 0 Å². The first-order valence-electron chi connectivity index (χ1n) is 9.06. The van der Waals surface area contributed by atoms with E-state index >= 15 is 0 Å². The number of carbonyl (C=O) groups is 1. The van der Waals surface area contributed by atoms with Gasteiger partial charge in [-0.3, -0.25) is 4.98 Å². The second-order valence-corrected chi connectivity index (χ2v) is 6.94. The van der Waals surface area contributed by atoms with E-state index in [-0.39, 0.29) is 12.1 Å². The maximum atomic E-state index is 12.7. The van der Waals surface area contributed by atoms with Gasteiger partial charge >= 0.3 is 6.03 Å². The van der Waals surface area contributed by atoms with E-state index in [9.17, 15) is 4.79 Å². The highest BCUT2D eigenvalue weighted by atomic mass is 35.5. The molecule has 6 nitrogen and oxygen atoms in total. The number of likely N-dealkylation sites (tertiary alicyclic amines) is 1. The van der Waals surface area contributed by atoms with E-state index in [4.69, 9.17) is 16.3 Å². The van der Waals surface area contributed by atoms with Gasteiger partial charge in [0.15, 0.2) is 0 Å². The molecule has 28 heavy (non-hydrogen) atoms. The number of amides is 2. The van der Waals surface area contributed by atoms with Gasteiger partial charge in [0.2, 0.25) is 5.88 Å². The second-order valence-electron chi connectivity index (χ2n) is 6.50. The molecule has 1 atom stereocenters. The molecule has 4 rings (SSSR count). The van der Waals surface area contributed by atoms with E-state index in [1.807, 2.05) is 17.0 Å². The number of pyridine rings is 2. The molecular formula is C21H19ClN4O2. The molecule has 142 valence electrons. The topological polar surface area (TPSA) is 67.3 Å². The van der Waals surface area contributed by atoms with E-state index in [1.54, 1.807) is 55.0 Å². The minimum atomic E-state index is -0.132. The van der Waals surface area contributed by atoms with Crippen LogP contribution in [0, 0.1) is 0 Å². The number of carbonyl (C=O) groups excluding carboxylic acids is 1. The first kappa shape index (κ1) is 18.3. The minimum absolute atomic E-state index is 0.0727. The number of hydrogen-bond acceptors (Lipinski definition) is 4. The van der Waals surface area contributed by atoms with Crippen LogP contribution in [0.15, 0.2) is 67.1 Å². The molecule has 7 heteroatoms. The zero-order valence-electron chi connectivity index (χ0n) is 15.1. The van der Waals surface area contributed by atoms with E-state index < -0.39 is 0 Å². The molecule has 0 radical (unpaired) electrons. The molecule has 3 heterocycles. The second kappa shape index (κ2) is 8.27. The van der Waals surface area contributed by atoms with E-state index in [2.05, 4.69) is 15.3 Å². The lowest BCUT2D eigenvalue weighted by atomic mass is 10.1. The van der Waals surface area contributed by atoms with Gasteiger partial charge in [-0.1, -0.05) is 11.6 Å². The van der Waals surface area contributed by atoms with Crippen molar-refractivity contribution < 1.29 is 9.53 Å². The van der Waals surface area contributed by atoms with Gasteiger partial charge in [-0.05, 0) is 60.9 Å². The lowest BCUT2D eigenvalue weighted by molar-refractivity contribution is 0.207. The Morgan fingerprint density at radius 3 is 2.61 bits per heavy atom. The van der Waals surface area contributed by atoms with Gasteiger partial charge in [0.1, 0.15) is 5.75 Å². The summed E-state index contributed by atoms with van der Waals surface area (Å²) in [4.78, 5) is 22.9. The molecule has 2 aromatic heterocycles. The molecular weight excluding hydrogens is 376 g/mol. The van der Waals surface area contributed by atoms with Crippen molar-refractivity contribution in [3.63, 3.8) is 0 Å².